The lowest BCUT2D eigenvalue weighted by atomic mass is 9.98. The van der Waals surface area contributed by atoms with Crippen LogP contribution in [-0.2, 0) is 0 Å². The van der Waals surface area contributed by atoms with Crippen LogP contribution in [-0.4, -0.2) is 16.1 Å². The van der Waals surface area contributed by atoms with E-state index < -0.39 is 0 Å². The quantitative estimate of drug-likeness (QED) is 0.708. The molecule has 1 atom stereocenters. The number of aryl methyl sites for hydroxylation is 2. The van der Waals surface area contributed by atoms with Crippen LogP contribution in [0.5, 0.6) is 0 Å². The number of H-pyrrole nitrogens is 1. The molecule has 4 nitrogen and oxygen atoms in total. The van der Waals surface area contributed by atoms with Crippen LogP contribution in [0.15, 0.2) is 53.0 Å². The van der Waals surface area contributed by atoms with Gasteiger partial charge in [-0.3, -0.25) is 14.8 Å². The highest BCUT2D eigenvalue weighted by Gasteiger charge is 2.42. The zero-order chi connectivity index (χ0) is 16.8. The predicted octanol–water partition coefficient (Wildman–Crippen LogP) is 4.54. The van der Waals surface area contributed by atoms with Gasteiger partial charge in [0.15, 0.2) is 5.69 Å². The molecule has 120 valence electrons. The molecule has 2 aromatic carbocycles. The van der Waals surface area contributed by atoms with E-state index in [2.05, 4.69) is 57.3 Å². The number of nitrogens with one attached hydrogen (secondary N) is 1. The second-order valence-electron chi connectivity index (χ2n) is 6.08. The molecule has 0 aliphatic carbocycles. The minimum Gasteiger partial charge on any atom is -0.295 e. The molecule has 0 saturated heterocycles. The molecule has 2 heterocycles. The number of aromatic nitrogens is 2. The molecule has 0 unspecified atom stereocenters. The van der Waals surface area contributed by atoms with Crippen molar-refractivity contribution in [2.75, 3.05) is 4.90 Å². The third-order valence-electron chi connectivity index (χ3n) is 4.45. The standard InChI is InChI=1S/C19H16BrN3O/c1-11-3-5-13(6-4-11)18-16-12(2)21-22-17(16)19(24)23(18)15-9-7-14(20)8-10-15/h3-10,18H,1-2H3,(H,21,22)/t18-/m1/s1. The molecule has 24 heavy (non-hydrogen) atoms. The summed E-state index contributed by atoms with van der Waals surface area (Å²) in [6.45, 7) is 4.02. The Morgan fingerprint density at radius 3 is 2.38 bits per heavy atom. The van der Waals surface area contributed by atoms with Crippen molar-refractivity contribution in [3.63, 3.8) is 0 Å². The highest BCUT2D eigenvalue weighted by Crippen LogP contribution is 2.42. The summed E-state index contributed by atoms with van der Waals surface area (Å²) in [5, 5.41) is 7.20. The van der Waals surface area contributed by atoms with E-state index in [1.54, 1.807) is 0 Å². The van der Waals surface area contributed by atoms with Gasteiger partial charge in [-0.15, -0.1) is 0 Å². The molecule has 1 N–H and O–H groups in total. The molecule has 3 aromatic rings. The average Bonchev–Trinajstić information content (AvgIpc) is 3.09. The Morgan fingerprint density at radius 2 is 1.71 bits per heavy atom. The van der Waals surface area contributed by atoms with Gasteiger partial charge in [-0.25, -0.2) is 0 Å². The zero-order valence-electron chi connectivity index (χ0n) is 13.4. The van der Waals surface area contributed by atoms with Crippen molar-refractivity contribution < 1.29 is 4.79 Å². The fourth-order valence-corrected chi connectivity index (χ4v) is 3.49. The summed E-state index contributed by atoms with van der Waals surface area (Å²) in [5.41, 5.74) is 5.56. The normalized spacial score (nSPS) is 16.5. The summed E-state index contributed by atoms with van der Waals surface area (Å²) in [5.74, 6) is -0.0674. The van der Waals surface area contributed by atoms with Crippen molar-refractivity contribution in [2.24, 2.45) is 0 Å². The van der Waals surface area contributed by atoms with Crippen molar-refractivity contribution in [3.05, 3.63) is 81.1 Å². The Morgan fingerprint density at radius 1 is 1.04 bits per heavy atom. The number of carbonyl (C=O) groups excluding carboxylic acids is 1. The summed E-state index contributed by atoms with van der Waals surface area (Å²) >= 11 is 3.45. The number of benzene rings is 2. The summed E-state index contributed by atoms with van der Waals surface area (Å²) < 4.78 is 0.986. The fourth-order valence-electron chi connectivity index (χ4n) is 3.23. The van der Waals surface area contributed by atoms with Gasteiger partial charge >= 0.3 is 0 Å². The smallest absolute Gasteiger partial charge is 0.279 e. The highest BCUT2D eigenvalue weighted by molar-refractivity contribution is 9.10. The summed E-state index contributed by atoms with van der Waals surface area (Å²) in [6.07, 6.45) is 0. The van der Waals surface area contributed by atoms with Crippen LogP contribution >= 0.6 is 15.9 Å². The molecule has 0 bridgehead atoms. The highest BCUT2D eigenvalue weighted by atomic mass is 79.9. The van der Waals surface area contributed by atoms with Gasteiger partial charge in [-0.1, -0.05) is 45.8 Å². The van der Waals surface area contributed by atoms with Crippen LogP contribution in [0.25, 0.3) is 0 Å². The maximum Gasteiger partial charge on any atom is 0.279 e. The number of anilines is 1. The van der Waals surface area contributed by atoms with Gasteiger partial charge in [0, 0.05) is 21.4 Å². The first-order valence-corrected chi connectivity index (χ1v) is 8.56. The number of amides is 1. The molecule has 0 saturated carbocycles. The topological polar surface area (TPSA) is 49.0 Å². The monoisotopic (exact) mass is 381 g/mol. The first kappa shape index (κ1) is 15.1. The minimum absolute atomic E-state index is 0.0674. The van der Waals surface area contributed by atoms with Crippen molar-refractivity contribution in [2.45, 2.75) is 19.9 Å². The second kappa shape index (κ2) is 5.60. The molecule has 1 aliphatic heterocycles. The van der Waals surface area contributed by atoms with Crippen molar-refractivity contribution in [3.8, 4) is 0 Å². The second-order valence-corrected chi connectivity index (χ2v) is 6.99. The van der Waals surface area contributed by atoms with Crippen molar-refractivity contribution >= 4 is 27.5 Å². The van der Waals surface area contributed by atoms with E-state index in [4.69, 9.17) is 0 Å². The third-order valence-corrected chi connectivity index (χ3v) is 4.97. The number of nitrogens with zero attached hydrogens (tertiary/aromatic N) is 2. The lowest BCUT2D eigenvalue weighted by Crippen LogP contribution is -2.29. The Hall–Kier alpha value is -2.40. The van der Waals surface area contributed by atoms with E-state index >= 15 is 0 Å². The number of hydrogen-bond acceptors (Lipinski definition) is 2. The Balaban J connectivity index is 1.89. The first-order valence-electron chi connectivity index (χ1n) is 7.77. The minimum atomic E-state index is -0.159. The first-order chi connectivity index (χ1) is 11.6. The lowest BCUT2D eigenvalue weighted by Gasteiger charge is -2.26. The summed E-state index contributed by atoms with van der Waals surface area (Å²) in [6, 6.07) is 16.0. The van der Waals surface area contributed by atoms with E-state index in [0.717, 1.165) is 27.0 Å². The molecule has 1 aliphatic rings. The molecule has 1 amide bonds. The third kappa shape index (κ3) is 2.27. The van der Waals surface area contributed by atoms with Crippen LogP contribution in [0.2, 0.25) is 0 Å². The lowest BCUT2D eigenvalue weighted by molar-refractivity contribution is 0.0989. The summed E-state index contributed by atoms with van der Waals surface area (Å²) in [7, 11) is 0. The summed E-state index contributed by atoms with van der Waals surface area (Å²) in [4.78, 5) is 14.8. The van der Waals surface area contributed by atoms with Gasteiger partial charge in [0.05, 0.1) is 6.04 Å². The zero-order valence-corrected chi connectivity index (χ0v) is 15.0. The van der Waals surface area contributed by atoms with Crippen molar-refractivity contribution in [1.82, 2.24) is 10.2 Å². The number of halogens is 1. The predicted molar refractivity (Wildman–Crippen MR) is 97.3 cm³/mol. The van der Waals surface area contributed by atoms with E-state index in [-0.39, 0.29) is 11.9 Å². The van der Waals surface area contributed by atoms with Gasteiger partial charge < -0.3 is 0 Å². The molecule has 0 radical (unpaired) electrons. The van der Waals surface area contributed by atoms with Crippen molar-refractivity contribution in [1.29, 1.82) is 0 Å². The van der Waals surface area contributed by atoms with Crippen LogP contribution in [0, 0.1) is 13.8 Å². The van der Waals surface area contributed by atoms with Crippen LogP contribution in [0.1, 0.15) is 38.9 Å². The number of carbonyl (C=O) groups is 1. The Bertz CT molecular complexity index is 913. The van der Waals surface area contributed by atoms with Gasteiger partial charge in [0.25, 0.3) is 5.91 Å². The van der Waals surface area contributed by atoms with E-state index in [9.17, 15) is 4.79 Å². The molecule has 0 fully saturated rings. The Kier molecular flexibility index (Phi) is 3.53. The van der Waals surface area contributed by atoms with Gasteiger partial charge in [-0.05, 0) is 43.7 Å². The van der Waals surface area contributed by atoms with E-state index in [1.807, 2.05) is 36.1 Å². The number of hydrogen-bond donors (Lipinski definition) is 1. The largest absolute Gasteiger partial charge is 0.295 e. The molecular formula is C19H16BrN3O. The maximum absolute atomic E-state index is 13.0. The molecule has 4 rings (SSSR count). The SMILES string of the molecule is Cc1ccc([C@@H]2c3c(n[nH]c3C)C(=O)N2c2ccc(Br)cc2)cc1. The average molecular weight is 382 g/mol. The van der Waals surface area contributed by atoms with Crippen LogP contribution in [0.3, 0.4) is 0 Å². The molecular weight excluding hydrogens is 366 g/mol. The molecule has 5 heteroatoms. The maximum atomic E-state index is 13.0. The Labute approximate surface area is 148 Å². The van der Waals surface area contributed by atoms with Gasteiger partial charge in [0.1, 0.15) is 0 Å². The van der Waals surface area contributed by atoms with Gasteiger partial charge in [-0.2, -0.15) is 5.10 Å². The van der Waals surface area contributed by atoms with Crippen LogP contribution in [0.4, 0.5) is 5.69 Å². The molecule has 1 aromatic heterocycles. The van der Waals surface area contributed by atoms with Gasteiger partial charge in [0.2, 0.25) is 0 Å². The number of aromatic amines is 1. The van der Waals surface area contributed by atoms with E-state index in [0.29, 0.717) is 5.69 Å². The fraction of sp³-hybridized carbons (Fsp3) is 0.158. The number of rotatable bonds is 2. The van der Waals surface area contributed by atoms with E-state index in [1.165, 1.54) is 5.56 Å². The molecule has 0 spiro atoms. The van der Waals surface area contributed by atoms with Crippen LogP contribution < -0.4 is 4.90 Å². The number of fused-ring (bicyclic) bond motifs is 1.